The van der Waals surface area contributed by atoms with Crippen molar-refractivity contribution < 1.29 is 0 Å². The smallest absolute Gasteiger partial charge is 0.176 e. The third-order valence-electron chi connectivity index (χ3n) is 1.65. The summed E-state index contributed by atoms with van der Waals surface area (Å²) >= 11 is 1.42. The first kappa shape index (κ1) is 7.61. The van der Waals surface area contributed by atoms with Crippen LogP contribution in [0.25, 0.3) is 11.0 Å². The molecule has 12 heavy (non-hydrogen) atoms. The van der Waals surface area contributed by atoms with E-state index in [1.165, 1.54) is 11.5 Å². The van der Waals surface area contributed by atoms with Gasteiger partial charge >= 0.3 is 0 Å². The highest BCUT2D eigenvalue weighted by Crippen LogP contribution is 2.15. The van der Waals surface area contributed by atoms with Crippen LogP contribution < -0.4 is 0 Å². The van der Waals surface area contributed by atoms with E-state index in [4.69, 9.17) is 0 Å². The van der Waals surface area contributed by atoms with Crippen LogP contribution in [0.4, 0.5) is 0 Å². The lowest BCUT2D eigenvalue weighted by atomic mass is 10.2. The summed E-state index contributed by atoms with van der Waals surface area (Å²) < 4.78 is 4.15. The Labute approximate surface area is 74.6 Å². The molecule has 2 heterocycles. The first-order chi connectivity index (χ1) is 5.77. The largest absolute Gasteiger partial charge is 0.240 e. The van der Waals surface area contributed by atoms with Crippen LogP contribution in [-0.4, -0.2) is 14.3 Å². The summed E-state index contributed by atoms with van der Waals surface area (Å²) in [5.74, 6) is 1.24. The van der Waals surface area contributed by atoms with Crippen molar-refractivity contribution in [1.29, 1.82) is 0 Å². The highest BCUT2D eigenvalue weighted by Gasteiger charge is 2.04. The molecular formula is C8H9N3S. The third kappa shape index (κ3) is 1.18. The molecule has 4 heteroatoms. The van der Waals surface area contributed by atoms with Crippen molar-refractivity contribution in [2.24, 2.45) is 0 Å². The van der Waals surface area contributed by atoms with Gasteiger partial charge in [0.05, 0.1) is 5.39 Å². The van der Waals surface area contributed by atoms with Crippen LogP contribution in [0.3, 0.4) is 0 Å². The number of rotatable bonds is 1. The molecule has 2 rings (SSSR count). The second-order valence-corrected chi connectivity index (χ2v) is 3.61. The lowest BCUT2D eigenvalue weighted by Gasteiger charge is -2.00. The molecule has 0 amide bonds. The third-order valence-corrected chi connectivity index (χ3v) is 2.29. The Morgan fingerprint density at radius 1 is 1.42 bits per heavy atom. The predicted molar refractivity (Wildman–Crippen MR) is 49.3 cm³/mol. The molecule has 2 aromatic rings. The van der Waals surface area contributed by atoms with Gasteiger partial charge in [-0.25, -0.2) is 9.97 Å². The molecule has 0 unspecified atom stereocenters. The van der Waals surface area contributed by atoms with Gasteiger partial charge < -0.3 is 0 Å². The van der Waals surface area contributed by atoms with E-state index in [0.717, 1.165) is 16.9 Å². The van der Waals surface area contributed by atoms with E-state index in [2.05, 4.69) is 28.2 Å². The van der Waals surface area contributed by atoms with Crippen molar-refractivity contribution in [3.8, 4) is 0 Å². The topological polar surface area (TPSA) is 38.7 Å². The van der Waals surface area contributed by atoms with Crippen molar-refractivity contribution >= 4 is 22.6 Å². The SMILES string of the molecule is CC(C)c1ncc2csnc2n1. The van der Waals surface area contributed by atoms with E-state index in [1.807, 2.05) is 11.6 Å². The maximum absolute atomic E-state index is 4.32. The molecule has 2 aromatic heterocycles. The van der Waals surface area contributed by atoms with Crippen molar-refractivity contribution in [3.63, 3.8) is 0 Å². The highest BCUT2D eigenvalue weighted by molar-refractivity contribution is 7.04. The van der Waals surface area contributed by atoms with Crippen LogP contribution in [0.1, 0.15) is 25.6 Å². The summed E-state index contributed by atoms with van der Waals surface area (Å²) in [7, 11) is 0. The summed E-state index contributed by atoms with van der Waals surface area (Å²) in [5, 5.41) is 2.99. The zero-order valence-corrected chi connectivity index (χ0v) is 7.80. The highest BCUT2D eigenvalue weighted by atomic mass is 32.1. The first-order valence-electron chi connectivity index (χ1n) is 3.84. The summed E-state index contributed by atoms with van der Waals surface area (Å²) in [5.41, 5.74) is 0.818. The average molecular weight is 179 g/mol. The Morgan fingerprint density at radius 3 is 3.00 bits per heavy atom. The maximum atomic E-state index is 4.32. The fourth-order valence-electron chi connectivity index (χ4n) is 0.963. The molecule has 0 fully saturated rings. The van der Waals surface area contributed by atoms with E-state index in [1.54, 1.807) is 0 Å². The molecule has 0 radical (unpaired) electrons. The van der Waals surface area contributed by atoms with E-state index in [9.17, 15) is 0 Å². The van der Waals surface area contributed by atoms with Crippen LogP contribution >= 0.6 is 11.5 Å². The van der Waals surface area contributed by atoms with Gasteiger partial charge in [0.1, 0.15) is 5.82 Å². The van der Waals surface area contributed by atoms with E-state index < -0.39 is 0 Å². The van der Waals surface area contributed by atoms with Gasteiger partial charge in [-0.2, -0.15) is 4.37 Å². The Morgan fingerprint density at radius 2 is 2.25 bits per heavy atom. The zero-order valence-electron chi connectivity index (χ0n) is 6.98. The Bertz CT molecular complexity index is 394. The van der Waals surface area contributed by atoms with Gasteiger partial charge in [0, 0.05) is 17.5 Å². The van der Waals surface area contributed by atoms with Crippen molar-refractivity contribution in [1.82, 2.24) is 14.3 Å². The molecule has 62 valence electrons. The molecule has 0 aromatic carbocycles. The molecule has 0 N–H and O–H groups in total. The zero-order chi connectivity index (χ0) is 8.55. The van der Waals surface area contributed by atoms with Crippen LogP contribution in [-0.2, 0) is 0 Å². The number of hydrogen-bond donors (Lipinski definition) is 0. The van der Waals surface area contributed by atoms with Gasteiger partial charge in [0.15, 0.2) is 5.65 Å². The van der Waals surface area contributed by atoms with Crippen LogP contribution in [0.2, 0.25) is 0 Å². The van der Waals surface area contributed by atoms with Gasteiger partial charge in [0.25, 0.3) is 0 Å². The normalized spacial score (nSPS) is 11.2. The molecule has 0 aliphatic rings. The van der Waals surface area contributed by atoms with Gasteiger partial charge in [-0.15, -0.1) is 0 Å². The maximum Gasteiger partial charge on any atom is 0.176 e. The summed E-state index contributed by atoms with van der Waals surface area (Å²) in [6.07, 6.45) is 1.83. The fourth-order valence-corrected chi connectivity index (χ4v) is 1.54. The molecule has 0 spiro atoms. The van der Waals surface area contributed by atoms with Crippen molar-refractivity contribution in [3.05, 3.63) is 17.4 Å². The summed E-state index contributed by atoms with van der Waals surface area (Å²) in [6.45, 7) is 4.15. The van der Waals surface area contributed by atoms with Gasteiger partial charge in [-0.05, 0) is 11.5 Å². The van der Waals surface area contributed by atoms with E-state index in [0.29, 0.717) is 5.92 Å². The summed E-state index contributed by atoms with van der Waals surface area (Å²) in [4.78, 5) is 8.56. The molecule has 0 bridgehead atoms. The predicted octanol–water partition coefficient (Wildman–Crippen LogP) is 2.21. The number of fused-ring (bicyclic) bond motifs is 1. The quantitative estimate of drug-likeness (QED) is 0.673. The van der Waals surface area contributed by atoms with Crippen molar-refractivity contribution in [2.45, 2.75) is 19.8 Å². The van der Waals surface area contributed by atoms with E-state index >= 15 is 0 Å². The van der Waals surface area contributed by atoms with Gasteiger partial charge in [-0.1, -0.05) is 13.8 Å². The Hall–Kier alpha value is -1.03. The minimum atomic E-state index is 0.371. The van der Waals surface area contributed by atoms with Gasteiger partial charge in [0.2, 0.25) is 0 Å². The molecular weight excluding hydrogens is 170 g/mol. The van der Waals surface area contributed by atoms with Crippen LogP contribution in [0.15, 0.2) is 11.6 Å². The number of hydrogen-bond acceptors (Lipinski definition) is 4. The second-order valence-electron chi connectivity index (χ2n) is 2.98. The lowest BCUT2D eigenvalue weighted by Crippen LogP contribution is -1.96. The van der Waals surface area contributed by atoms with Crippen LogP contribution in [0, 0.1) is 0 Å². The second kappa shape index (κ2) is 2.79. The lowest BCUT2D eigenvalue weighted by molar-refractivity contribution is 0.782. The summed E-state index contributed by atoms with van der Waals surface area (Å²) in [6, 6.07) is 0. The number of nitrogens with zero attached hydrogens (tertiary/aromatic N) is 3. The Balaban J connectivity index is 2.60. The molecule has 0 saturated heterocycles. The minimum Gasteiger partial charge on any atom is -0.240 e. The average Bonchev–Trinajstić information content (AvgIpc) is 2.49. The van der Waals surface area contributed by atoms with E-state index in [-0.39, 0.29) is 0 Å². The van der Waals surface area contributed by atoms with Crippen LogP contribution in [0.5, 0.6) is 0 Å². The molecule has 0 saturated carbocycles. The standard InChI is InChI=1S/C8H9N3S/c1-5(2)7-9-3-6-4-12-11-8(6)10-7/h3-5H,1-2H3. The monoisotopic (exact) mass is 179 g/mol. The molecule has 3 nitrogen and oxygen atoms in total. The molecule has 0 atom stereocenters. The van der Waals surface area contributed by atoms with Gasteiger partial charge in [-0.3, -0.25) is 0 Å². The first-order valence-corrected chi connectivity index (χ1v) is 4.68. The minimum absolute atomic E-state index is 0.371. The Kier molecular flexibility index (Phi) is 1.77. The molecule has 0 aliphatic carbocycles. The molecule has 0 aliphatic heterocycles. The fraction of sp³-hybridized carbons (Fsp3) is 0.375. The van der Waals surface area contributed by atoms with Crippen molar-refractivity contribution in [2.75, 3.05) is 0 Å². The number of aromatic nitrogens is 3.